The minimum atomic E-state index is -0.245. The van der Waals surface area contributed by atoms with Crippen LogP contribution < -0.4 is 0 Å². The van der Waals surface area contributed by atoms with Crippen LogP contribution in [-0.2, 0) is 9.53 Å². The molecule has 0 aromatic heterocycles. The third-order valence-corrected chi connectivity index (χ3v) is 0.799. The average molecular weight is 148 g/mol. The summed E-state index contributed by atoms with van der Waals surface area (Å²) in [5, 5.41) is 8.07. The second-order valence-electron chi connectivity index (χ2n) is 1.77. The second-order valence-corrected chi connectivity index (χ2v) is 1.77. The van der Waals surface area contributed by atoms with Crippen LogP contribution in [0.4, 0.5) is 0 Å². The summed E-state index contributed by atoms with van der Waals surface area (Å²) in [5.41, 5.74) is 0. The van der Waals surface area contributed by atoms with E-state index in [2.05, 4.69) is 11.7 Å². The van der Waals surface area contributed by atoms with Crippen molar-refractivity contribution < 1.29 is 14.6 Å². The van der Waals surface area contributed by atoms with E-state index < -0.39 is 0 Å². The van der Waals surface area contributed by atoms with Crippen molar-refractivity contribution in [2.45, 2.75) is 26.7 Å². The Kier molecular flexibility index (Phi) is 13.7. The molecular formula is C7H16O3. The standard InChI is InChI=1S/C4H10O.C3H6O2/c1-2-3-4-5;1-3(4)5-2/h5H,2-4H2,1H3;1-2H3. The number of hydrogen-bond donors (Lipinski definition) is 1. The van der Waals surface area contributed by atoms with E-state index in [1.807, 2.05) is 0 Å². The number of ether oxygens (including phenoxy) is 1. The van der Waals surface area contributed by atoms with Gasteiger partial charge in [-0.25, -0.2) is 0 Å². The Morgan fingerprint density at radius 3 is 2.00 bits per heavy atom. The summed E-state index contributed by atoms with van der Waals surface area (Å²) < 4.78 is 4.11. The lowest BCUT2D eigenvalue weighted by molar-refractivity contribution is -0.137. The minimum absolute atomic E-state index is 0.245. The molecular weight excluding hydrogens is 132 g/mol. The first-order valence-electron chi connectivity index (χ1n) is 3.34. The van der Waals surface area contributed by atoms with Gasteiger partial charge in [-0.15, -0.1) is 0 Å². The van der Waals surface area contributed by atoms with Gasteiger partial charge in [-0.1, -0.05) is 13.3 Å². The van der Waals surface area contributed by atoms with Gasteiger partial charge in [-0.2, -0.15) is 0 Å². The highest BCUT2D eigenvalue weighted by Crippen LogP contribution is 1.78. The summed E-state index contributed by atoms with van der Waals surface area (Å²) in [5.74, 6) is -0.245. The summed E-state index contributed by atoms with van der Waals surface area (Å²) in [7, 11) is 1.35. The molecule has 3 heteroatoms. The summed E-state index contributed by atoms with van der Waals surface area (Å²) in [4.78, 5) is 9.59. The van der Waals surface area contributed by atoms with Gasteiger partial charge in [-0.3, -0.25) is 4.79 Å². The van der Waals surface area contributed by atoms with Gasteiger partial charge in [0.25, 0.3) is 0 Å². The van der Waals surface area contributed by atoms with Crippen molar-refractivity contribution >= 4 is 5.97 Å². The Morgan fingerprint density at radius 1 is 1.60 bits per heavy atom. The molecule has 10 heavy (non-hydrogen) atoms. The van der Waals surface area contributed by atoms with Crippen molar-refractivity contribution in [3.8, 4) is 0 Å². The van der Waals surface area contributed by atoms with Gasteiger partial charge in [-0.05, 0) is 6.42 Å². The SMILES string of the molecule is CCCCO.COC(C)=O. The molecule has 0 rings (SSSR count). The number of carbonyl (C=O) groups is 1. The number of aliphatic hydroxyl groups excluding tert-OH is 1. The number of methoxy groups -OCH3 is 1. The van der Waals surface area contributed by atoms with Crippen LogP contribution in [-0.4, -0.2) is 24.8 Å². The van der Waals surface area contributed by atoms with E-state index in [1.54, 1.807) is 0 Å². The molecule has 1 N–H and O–H groups in total. The highest BCUT2D eigenvalue weighted by atomic mass is 16.5. The van der Waals surface area contributed by atoms with Crippen LogP contribution in [0.3, 0.4) is 0 Å². The summed E-state index contributed by atoms with van der Waals surface area (Å²) in [6.45, 7) is 3.76. The molecule has 0 saturated carbocycles. The van der Waals surface area contributed by atoms with Crippen molar-refractivity contribution in [2.75, 3.05) is 13.7 Å². The lowest BCUT2D eigenvalue weighted by atomic mass is 10.4. The Labute approximate surface area is 62.0 Å². The number of unbranched alkanes of at least 4 members (excludes halogenated alkanes) is 1. The van der Waals surface area contributed by atoms with Crippen LogP contribution in [0, 0.1) is 0 Å². The van der Waals surface area contributed by atoms with Gasteiger partial charge >= 0.3 is 5.97 Å². The molecule has 0 heterocycles. The molecule has 0 unspecified atom stereocenters. The van der Waals surface area contributed by atoms with Gasteiger partial charge in [0.2, 0.25) is 0 Å². The zero-order valence-electron chi connectivity index (χ0n) is 6.89. The molecule has 0 fully saturated rings. The molecule has 0 bridgehead atoms. The van der Waals surface area contributed by atoms with Crippen molar-refractivity contribution in [1.29, 1.82) is 0 Å². The molecule has 0 saturated heterocycles. The molecule has 0 atom stereocenters. The van der Waals surface area contributed by atoms with Gasteiger partial charge < -0.3 is 9.84 Å². The van der Waals surface area contributed by atoms with Crippen molar-refractivity contribution in [2.24, 2.45) is 0 Å². The van der Waals surface area contributed by atoms with E-state index in [-0.39, 0.29) is 5.97 Å². The topological polar surface area (TPSA) is 46.5 Å². The third kappa shape index (κ3) is 26.1. The second kappa shape index (κ2) is 11.3. The van der Waals surface area contributed by atoms with E-state index in [0.29, 0.717) is 6.61 Å². The fraction of sp³-hybridized carbons (Fsp3) is 0.857. The molecule has 0 amide bonds. The van der Waals surface area contributed by atoms with Gasteiger partial charge in [0.1, 0.15) is 0 Å². The van der Waals surface area contributed by atoms with Crippen LogP contribution in [0.15, 0.2) is 0 Å². The van der Waals surface area contributed by atoms with E-state index in [9.17, 15) is 4.79 Å². The zero-order valence-corrected chi connectivity index (χ0v) is 6.89. The van der Waals surface area contributed by atoms with E-state index in [0.717, 1.165) is 12.8 Å². The maximum atomic E-state index is 9.59. The predicted octanol–water partition coefficient (Wildman–Crippen LogP) is 0.958. The summed E-state index contributed by atoms with van der Waals surface area (Å²) >= 11 is 0. The Morgan fingerprint density at radius 2 is 2.00 bits per heavy atom. The van der Waals surface area contributed by atoms with E-state index in [4.69, 9.17) is 5.11 Å². The normalized spacial score (nSPS) is 7.60. The lowest BCUT2D eigenvalue weighted by Gasteiger charge is -1.80. The fourth-order valence-electron chi connectivity index (χ4n) is 0.158. The maximum Gasteiger partial charge on any atom is 0.302 e. The largest absolute Gasteiger partial charge is 0.469 e. The number of rotatable bonds is 2. The highest BCUT2D eigenvalue weighted by Gasteiger charge is 1.75. The molecule has 3 nitrogen and oxygen atoms in total. The minimum Gasteiger partial charge on any atom is -0.469 e. The number of carbonyl (C=O) groups excluding carboxylic acids is 1. The lowest BCUT2D eigenvalue weighted by Crippen LogP contribution is -1.88. The van der Waals surface area contributed by atoms with Gasteiger partial charge in [0, 0.05) is 13.5 Å². The molecule has 0 spiro atoms. The van der Waals surface area contributed by atoms with Crippen molar-refractivity contribution in [3.63, 3.8) is 0 Å². The van der Waals surface area contributed by atoms with E-state index in [1.165, 1.54) is 14.0 Å². The van der Waals surface area contributed by atoms with Crippen LogP contribution in [0.25, 0.3) is 0 Å². The first-order chi connectivity index (χ1) is 4.68. The number of aliphatic hydroxyl groups is 1. The Balaban J connectivity index is 0. The molecule has 0 radical (unpaired) electrons. The summed E-state index contributed by atoms with van der Waals surface area (Å²) in [6.07, 6.45) is 2.04. The maximum absolute atomic E-state index is 9.59. The molecule has 0 aliphatic rings. The fourth-order valence-corrected chi connectivity index (χ4v) is 0.158. The first-order valence-corrected chi connectivity index (χ1v) is 3.34. The first kappa shape index (κ1) is 12.1. The number of esters is 1. The number of hydrogen-bond acceptors (Lipinski definition) is 3. The summed E-state index contributed by atoms with van der Waals surface area (Å²) in [6, 6.07) is 0. The molecule has 62 valence electrons. The van der Waals surface area contributed by atoms with Gasteiger partial charge in [0.15, 0.2) is 0 Å². The Hall–Kier alpha value is -0.570. The molecule has 0 aromatic rings. The van der Waals surface area contributed by atoms with Crippen molar-refractivity contribution in [3.05, 3.63) is 0 Å². The van der Waals surface area contributed by atoms with Crippen LogP contribution in [0.5, 0.6) is 0 Å². The van der Waals surface area contributed by atoms with Crippen molar-refractivity contribution in [1.82, 2.24) is 0 Å². The monoisotopic (exact) mass is 148 g/mol. The quantitative estimate of drug-likeness (QED) is 0.593. The van der Waals surface area contributed by atoms with Crippen LogP contribution in [0.2, 0.25) is 0 Å². The van der Waals surface area contributed by atoms with Crippen LogP contribution in [0.1, 0.15) is 26.7 Å². The Bertz CT molecular complexity index is 69.3. The smallest absolute Gasteiger partial charge is 0.302 e. The van der Waals surface area contributed by atoms with Crippen LogP contribution >= 0.6 is 0 Å². The highest BCUT2D eigenvalue weighted by molar-refractivity contribution is 5.65. The zero-order chi connectivity index (χ0) is 8.41. The molecule has 0 aliphatic heterocycles. The van der Waals surface area contributed by atoms with E-state index >= 15 is 0 Å². The molecule has 0 aliphatic carbocycles. The average Bonchev–Trinajstić information content (AvgIpc) is 1.91. The van der Waals surface area contributed by atoms with Gasteiger partial charge in [0.05, 0.1) is 7.11 Å². The predicted molar refractivity (Wildman–Crippen MR) is 39.7 cm³/mol. The molecule has 0 aromatic carbocycles. The third-order valence-electron chi connectivity index (χ3n) is 0.799.